The van der Waals surface area contributed by atoms with Crippen LogP contribution in [0.3, 0.4) is 0 Å². The number of unbranched alkanes of at least 4 members (excludes halogenated alkanes) is 10. The number of thiophene rings is 1. The van der Waals surface area contributed by atoms with E-state index in [4.69, 9.17) is 40.9 Å². The summed E-state index contributed by atoms with van der Waals surface area (Å²) < 4.78 is 26.7. The van der Waals surface area contributed by atoms with E-state index in [2.05, 4.69) is 50.3 Å². The average Bonchev–Trinajstić information content (AvgIpc) is 3.55. The number of esters is 1. The number of ether oxygens (including phenoxy) is 5. The lowest BCUT2D eigenvalue weighted by molar-refractivity contribution is -0.146. The van der Waals surface area contributed by atoms with E-state index in [1.807, 2.05) is 31.2 Å². The monoisotopic (exact) mass is 886 g/mol. The van der Waals surface area contributed by atoms with Gasteiger partial charge in [-0.15, -0.1) is 11.3 Å². The predicted molar refractivity (Wildman–Crippen MR) is 255 cm³/mol. The number of nitrogen functional groups attached to an aromatic ring is 2. The number of carbonyl (C=O) groups is 2. The van der Waals surface area contributed by atoms with Crippen LogP contribution in [-0.2, 0) is 33.3 Å². The van der Waals surface area contributed by atoms with Crippen LogP contribution in [0.1, 0.15) is 159 Å². The summed E-state index contributed by atoms with van der Waals surface area (Å²) in [6.45, 7) is 19.9. The Hall–Kier alpha value is -3.88. The van der Waals surface area contributed by atoms with Gasteiger partial charge in [-0.1, -0.05) is 131 Å². The second-order valence-electron chi connectivity index (χ2n) is 16.0. The summed E-state index contributed by atoms with van der Waals surface area (Å²) in [5.41, 5.74) is 15.4. The van der Waals surface area contributed by atoms with Gasteiger partial charge >= 0.3 is 5.97 Å². The fourth-order valence-electron chi connectivity index (χ4n) is 6.35. The summed E-state index contributed by atoms with van der Waals surface area (Å²) in [6.07, 6.45) is 20.6. The second-order valence-corrected chi connectivity index (χ2v) is 17.1. The minimum Gasteiger partial charge on any atom is -0.465 e. The van der Waals surface area contributed by atoms with Crippen LogP contribution >= 0.6 is 11.3 Å². The van der Waals surface area contributed by atoms with Crippen molar-refractivity contribution in [2.45, 2.75) is 151 Å². The Morgan fingerprint density at radius 1 is 0.742 bits per heavy atom. The number of rotatable bonds is 34. The van der Waals surface area contributed by atoms with E-state index in [-0.39, 0.29) is 19.2 Å². The molecule has 2 atom stereocenters. The number of nitrogens with two attached hydrogens (primary N) is 2. The molecule has 4 N–H and O–H groups in total. The van der Waals surface area contributed by atoms with Gasteiger partial charge in [0.1, 0.15) is 35.2 Å². The zero-order valence-corrected chi connectivity index (χ0v) is 40.4. The zero-order chi connectivity index (χ0) is 46.2. The number of nitrogens with zero attached hydrogens (tertiary/aromatic N) is 3. The van der Waals surface area contributed by atoms with Gasteiger partial charge in [0.05, 0.1) is 45.2 Å². The van der Waals surface area contributed by atoms with E-state index in [0.29, 0.717) is 92.5 Å². The molecule has 2 rings (SSSR count). The summed E-state index contributed by atoms with van der Waals surface area (Å²) in [6, 6.07) is 9.88. The first-order valence-electron chi connectivity index (χ1n) is 23.2. The first-order valence-corrected chi connectivity index (χ1v) is 24.0. The first-order chi connectivity index (χ1) is 30.0. The highest BCUT2D eigenvalue weighted by Crippen LogP contribution is 2.28. The number of anilines is 3. The van der Waals surface area contributed by atoms with Crippen LogP contribution in [0.2, 0.25) is 0 Å². The molecule has 0 saturated carbocycles. The van der Waals surface area contributed by atoms with Gasteiger partial charge in [0.25, 0.3) is 6.47 Å². The van der Waals surface area contributed by atoms with E-state index in [1.165, 1.54) is 89.9 Å². The molecule has 1 heterocycles. The molecule has 0 aliphatic carbocycles. The van der Waals surface area contributed by atoms with Crippen LogP contribution in [0.15, 0.2) is 18.2 Å². The number of hydrogen-bond acceptors (Lipinski definition) is 13. The highest BCUT2D eigenvalue weighted by molar-refractivity contribution is 7.16. The third kappa shape index (κ3) is 30.2. The Morgan fingerprint density at radius 2 is 1.27 bits per heavy atom. The fourth-order valence-corrected chi connectivity index (χ4v) is 7.17. The summed E-state index contributed by atoms with van der Waals surface area (Å²) >= 11 is 1.16. The number of carbonyl (C=O) groups excluding carboxylic acids is 2. The van der Waals surface area contributed by atoms with Crippen molar-refractivity contribution in [1.29, 1.82) is 10.5 Å². The topological polar surface area (TPSA) is 183 Å². The lowest BCUT2D eigenvalue weighted by atomic mass is 9.99. The van der Waals surface area contributed by atoms with Gasteiger partial charge in [0, 0.05) is 30.9 Å². The number of benzene rings is 1. The van der Waals surface area contributed by atoms with Crippen molar-refractivity contribution in [3.63, 3.8) is 0 Å². The van der Waals surface area contributed by atoms with Crippen molar-refractivity contribution >= 4 is 40.2 Å². The normalized spacial score (nSPS) is 11.5. The Bertz CT molecular complexity index is 1510. The van der Waals surface area contributed by atoms with Crippen LogP contribution in [0, 0.1) is 48.3 Å². The second kappa shape index (κ2) is 39.9. The van der Waals surface area contributed by atoms with Crippen molar-refractivity contribution in [3.8, 4) is 12.1 Å². The zero-order valence-electron chi connectivity index (χ0n) is 39.6. The fraction of sp³-hybridized carbons (Fsp3) is 0.714. The van der Waals surface area contributed by atoms with Crippen molar-refractivity contribution in [3.05, 3.63) is 39.8 Å². The SMILES string of the molecule is CCCCCCCCC(C)CC.CCCCCCCCC(C)CC(=O)OCCOCCN(CCOCCOCCOC=O)c1ccc(N)c(C)c1.Cc1c(C#N)sc(N)c1C#N. The summed E-state index contributed by atoms with van der Waals surface area (Å²) in [4.78, 5) is 24.9. The molecule has 2 unspecified atom stereocenters. The van der Waals surface area contributed by atoms with Crippen molar-refractivity contribution < 1.29 is 33.3 Å². The van der Waals surface area contributed by atoms with Crippen LogP contribution in [0.4, 0.5) is 16.4 Å². The van der Waals surface area contributed by atoms with Gasteiger partial charge in [0.2, 0.25) is 0 Å². The van der Waals surface area contributed by atoms with Gasteiger partial charge in [-0.2, -0.15) is 10.5 Å². The molecule has 0 aliphatic heterocycles. The van der Waals surface area contributed by atoms with Crippen LogP contribution in [0.25, 0.3) is 0 Å². The van der Waals surface area contributed by atoms with E-state index >= 15 is 0 Å². The summed E-state index contributed by atoms with van der Waals surface area (Å²) in [5.74, 6) is 1.16. The van der Waals surface area contributed by atoms with Gasteiger partial charge in [-0.3, -0.25) is 9.59 Å². The summed E-state index contributed by atoms with van der Waals surface area (Å²) in [5, 5.41) is 17.6. The number of aryl methyl sites for hydroxylation is 1. The standard InChI is InChI=1S/C30H52N2O7.C12H26.C7H5N3S/c1-4-5-6-7-8-9-10-26(2)23-30(34)39-22-21-36-16-14-32(28-11-12-29(31)27(3)24-28)13-15-35-17-18-37-19-20-38-25-33;1-4-6-7-8-9-10-11-12(3)5-2;1-4-5(2-8)7(10)11-6(4)3-9/h11-12,24-26H,4-10,13-23,31H2,1-3H3;12H,4-11H2,1-3H3;10H2,1H3. The number of hydrogen-bond donors (Lipinski definition) is 2. The molecular weight excluding hydrogens is 803 g/mol. The quantitative estimate of drug-likeness (QED) is 0.0294. The Morgan fingerprint density at radius 3 is 1.77 bits per heavy atom. The van der Waals surface area contributed by atoms with Crippen LogP contribution in [0.5, 0.6) is 0 Å². The lowest BCUT2D eigenvalue weighted by Crippen LogP contribution is -2.31. The third-order valence-corrected chi connectivity index (χ3v) is 11.6. The molecule has 62 heavy (non-hydrogen) atoms. The Balaban J connectivity index is 0.00000130. The molecule has 1 aromatic carbocycles. The van der Waals surface area contributed by atoms with Gasteiger partial charge in [0.15, 0.2) is 0 Å². The number of nitriles is 2. The molecule has 0 radical (unpaired) electrons. The maximum Gasteiger partial charge on any atom is 0.306 e. The summed E-state index contributed by atoms with van der Waals surface area (Å²) in [7, 11) is 0. The van der Waals surface area contributed by atoms with Gasteiger partial charge < -0.3 is 40.1 Å². The molecule has 1 aromatic heterocycles. The van der Waals surface area contributed by atoms with Crippen molar-refractivity contribution in [1.82, 2.24) is 0 Å². The van der Waals surface area contributed by atoms with E-state index < -0.39 is 0 Å². The minimum absolute atomic E-state index is 0.145. The molecule has 0 saturated heterocycles. The highest BCUT2D eigenvalue weighted by Gasteiger charge is 2.13. The first kappa shape index (κ1) is 58.1. The largest absolute Gasteiger partial charge is 0.465 e. The predicted octanol–water partition coefficient (Wildman–Crippen LogP) is 11.1. The van der Waals surface area contributed by atoms with Gasteiger partial charge in [-0.05, 0) is 55.0 Å². The molecule has 2 aromatic rings. The molecule has 0 spiro atoms. The molecule has 0 aliphatic rings. The maximum atomic E-state index is 12.1. The molecule has 12 nitrogen and oxygen atoms in total. The van der Waals surface area contributed by atoms with Crippen LogP contribution in [-0.4, -0.2) is 78.4 Å². The van der Waals surface area contributed by atoms with E-state index in [0.717, 1.165) is 40.6 Å². The Labute approximate surface area is 379 Å². The van der Waals surface area contributed by atoms with Gasteiger partial charge in [-0.25, -0.2) is 0 Å². The smallest absolute Gasteiger partial charge is 0.306 e. The molecule has 0 fully saturated rings. The van der Waals surface area contributed by atoms with E-state index in [1.54, 1.807) is 6.92 Å². The van der Waals surface area contributed by atoms with Crippen LogP contribution < -0.4 is 16.4 Å². The van der Waals surface area contributed by atoms with Crippen molar-refractivity contribution in [2.75, 3.05) is 82.3 Å². The highest BCUT2D eigenvalue weighted by atomic mass is 32.1. The van der Waals surface area contributed by atoms with E-state index in [9.17, 15) is 9.59 Å². The maximum absolute atomic E-state index is 12.1. The Kier molecular flexibility index (Phi) is 37.4. The third-order valence-electron chi connectivity index (χ3n) is 10.6. The van der Waals surface area contributed by atoms with Crippen molar-refractivity contribution in [2.24, 2.45) is 11.8 Å². The molecule has 0 amide bonds. The molecular formula is C49H83N5O7S. The molecule has 13 heteroatoms. The average molecular weight is 886 g/mol. The molecule has 352 valence electrons. The minimum atomic E-state index is -0.145. The lowest BCUT2D eigenvalue weighted by Gasteiger charge is -2.25. The molecule has 0 bridgehead atoms.